The first-order valence-electron chi connectivity index (χ1n) is 8.53. The van der Waals surface area contributed by atoms with E-state index in [0.29, 0.717) is 0 Å². The normalized spacial score (nSPS) is 23.0. The molecule has 0 saturated carbocycles. The molecule has 1 aromatic rings. The summed E-state index contributed by atoms with van der Waals surface area (Å²) in [7, 11) is 2.12. The van der Waals surface area contributed by atoms with Crippen molar-refractivity contribution in [2.45, 2.75) is 31.7 Å². The molecule has 3 rings (SSSR count). The van der Waals surface area contributed by atoms with Gasteiger partial charge in [-0.1, -0.05) is 18.2 Å². The number of nitrogens with zero attached hydrogens (tertiary/aromatic N) is 2. The van der Waals surface area contributed by atoms with E-state index in [0.717, 1.165) is 50.6 Å². The van der Waals surface area contributed by atoms with Crippen LogP contribution in [0.4, 0.5) is 5.69 Å². The highest BCUT2D eigenvalue weighted by atomic mass is 35.5. The molecule has 0 radical (unpaired) electrons. The quantitative estimate of drug-likeness (QED) is 0.917. The van der Waals surface area contributed by atoms with Crippen LogP contribution in [-0.4, -0.2) is 50.1 Å². The monoisotopic (exact) mass is 337 g/mol. The van der Waals surface area contributed by atoms with Gasteiger partial charge in [-0.05, 0) is 63.9 Å². The summed E-state index contributed by atoms with van der Waals surface area (Å²) in [5.41, 5.74) is 1.03. The zero-order valence-corrected chi connectivity index (χ0v) is 14.7. The number of amides is 1. The molecular formula is C18H28ClN3O. The molecule has 1 atom stereocenters. The fraction of sp³-hybridized carbons (Fsp3) is 0.611. The van der Waals surface area contributed by atoms with E-state index in [1.807, 2.05) is 35.2 Å². The Morgan fingerprint density at radius 2 is 1.87 bits per heavy atom. The molecule has 2 aliphatic rings. The number of hydrogen-bond donors (Lipinski definition) is 1. The molecule has 0 spiro atoms. The van der Waals surface area contributed by atoms with Gasteiger partial charge in [-0.3, -0.25) is 9.69 Å². The van der Waals surface area contributed by atoms with Crippen LogP contribution in [0.15, 0.2) is 30.3 Å². The predicted octanol–water partition coefficient (Wildman–Crippen LogP) is 2.54. The van der Waals surface area contributed by atoms with Gasteiger partial charge in [-0.2, -0.15) is 0 Å². The van der Waals surface area contributed by atoms with Gasteiger partial charge in [0, 0.05) is 18.8 Å². The highest BCUT2D eigenvalue weighted by Gasteiger charge is 2.33. The van der Waals surface area contributed by atoms with Gasteiger partial charge < -0.3 is 10.2 Å². The van der Waals surface area contributed by atoms with Gasteiger partial charge in [0.05, 0.1) is 6.04 Å². The van der Waals surface area contributed by atoms with Gasteiger partial charge in [0.25, 0.3) is 0 Å². The molecule has 2 fully saturated rings. The van der Waals surface area contributed by atoms with Gasteiger partial charge in [0.15, 0.2) is 0 Å². The summed E-state index contributed by atoms with van der Waals surface area (Å²) in [6, 6.07) is 10.1. The zero-order valence-electron chi connectivity index (χ0n) is 13.9. The van der Waals surface area contributed by atoms with Crippen molar-refractivity contribution >= 4 is 24.0 Å². The molecule has 1 amide bonds. The Hall–Kier alpha value is -1.10. The van der Waals surface area contributed by atoms with Crippen molar-refractivity contribution in [2.75, 3.05) is 38.1 Å². The van der Waals surface area contributed by atoms with Crippen LogP contribution in [0.2, 0.25) is 0 Å². The molecular weight excluding hydrogens is 310 g/mol. The van der Waals surface area contributed by atoms with E-state index < -0.39 is 0 Å². The number of rotatable bonds is 4. The second-order valence-electron chi connectivity index (χ2n) is 6.62. The number of carbonyl (C=O) groups is 1. The van der Waals surface area contributed by atoms with Crippen LogP contribution in [0, 0.1) is 5.92 Å². The number of nitrogens with one attached hydrogen (secondary N) is 1. The third-order valence-corrected chi connectivity index (χ3v) is 5.02. The topological polar surface area (TPSA) is 35.6 Å². The summed E-state index contributed by atoms with van der Waals surface area (Å²) in [6.45, 7) is 4.13. The molecule has 5 heteroatoms. The van der Waals surface area contributed by atoms with Crippen LogP contribution in [0.5, 0.6) is 0 Å². The van der Waals surface area contributed by atoms with Crippen LogP contribution in [-0.2, 0) is 4.79 Å². The smallest absolute Gasteiger partial charge is 0.244 e. The SMILES string of the molecule is CN(CC1CCNCC1)C1CCCN(c2ccccc2)C1=O.Cl. The van der Waals surface area contributed by atoms with Crippen molar-refractivity contribution in [3.05, 3.63) is 30.3 Å². The number of halogens is 1. The standard InChI is InChI=1S/C18H27N3O.ClH/c1-20(14-15-9-11-19-12-10-15)17-8-5-13-21(18(17)22)16-6-3-2-4-7-16;/h2-4,6-7,15,17,19H,5,8-14H2,1H3;1H. The Morgan fingerprint density at radius 1 is 1.17 bits per heavy atom. The van der Waals surface area contributed by atoms with Crippen molar-refractivity contribution in [1.82, 2.24) is 10.2 Å². The Kier molecular flexibility index (Phi) is 6.88. The lowest BCUT2D eigenvalue weighted by molar-refractivity contribution is -0.125. The number of benzene rings is 1. The second-order valence-corrected chi connectivity index (χ2v) is 6.62. The zero-order chi connectivity index (χ0) is 15.4. The lowest BCUT2D eigenvalue weighted by atomic mass is 9.95. The number of hydrogen-bond acceptors (Lipinski definition) is 3. The molecule has 2 aliphatic heterocycles. The number of likely N-dealkylation sites (N-methyl/N-ethyl adjacent to an activating group) is 1. The third-order valence-electron chi connectivity index (χ3n) is 5.02. The van der Waals surface area contributed by atoms with Gasteiger partial charge in [0.1, 0.15) is 0 Å². The van der Waals surface area contributed by atoms with E-state index in [4.69, 9.17) is 0 Å². The third kappa shape index (κ3) is 4.46. The van der Waals surface area contributed by atoms with Crippen LogP contribution in [0.1, 0.15) is 25.7 Å². The average Bonchev–Trinajstić information content (AvgIpc) is 2.56. The predicted molar refractivity (Wildman–Crippen MR) is 97.3 cm³/mol. The Bertz CT molecular complexity index is 490. The molecule has 2 heterocycles. The summed E-state index contributed by atoms with van der Waals surface area (Å²) in [5.74, 6) is 1.00. The van der Waals surface area contributed by atoms with E-state index >= 15 is 0 Å². The maximum atomic E-state index is 12.9. The number of anilines is 1. The lowest BCUT2D eigenvalue weighted by Crippen LogP contribution is -2.52. The first-order valence-corrected chi connectivity index (χ1v) is 8.53. The average molecular weight is 338 g/mol. The van der Waals surface area contributed by atoms with E-state index in [1.165, 1.54) is 12.8 Å². The highest BCUT2D eigenvalue weighted by molar-refractivity contribution is 5.97. The summed E-state index contributed by atoms with van der Waals surface area (Å²) < 4.78 is 0. The first-order chi connectivity index (χ1) is 10.8. The van der Waals surface area contributed by atoms with E-state index in [2.05, 4.69) is 17.3 Å². The minimum atomic E-state index is 0. The van der Waals surface area contributed by atoms with Crippen LogP contribution >= 0.6 is 12.4 Å². The second kappa shape index (κ2) is 8.67. The number of para-hydroxylation sites is 1. The molecule has 0 aliphatic carbocycles. The van der Waals surface area contributed by atoms with Crippen molar-refractivity contribution in [3.63, 3.8) is 0 Å². The van der Waals surface area contributed by atoms with Crippen molar-refractivity contribution in [1.29, 1.82) is 0 Å². The maximum Gasteiger partial charge on any atom is 0.244 e. The summed E-state index contributed by atoms with van der Waals surface area (Å²) >= 11 is 0. The van der Waals surface area contributed by atoms with Crippen LogP contribution < -0.4 is 10.2 Å². The Labute approximate surface area is 145 Å². The fourth-order valence-corrected chi connectivity index (χ4v) is 3.73. The van der Waals surface area contributed by atoms with Crippen molar-refractivity contribution in [2.24, 2.45) is 5.92 Å². The van der Waals surface area contributed by atoms with E-state index in [-0.39, 0.29) is 24.4 Å². The lowest BCUT2D eigenvalue weighted by Gasteiger charge is -2.38. The number of carbonyl (C=O) groups excluding carboxylic acids is 1. The molecule has 23 heavy (non-hydrogen) atoms. The summed E-state index contributed by atoms with van der Waals surface area (Å²) in [6.07, 6.45) is 4.53. The van der Waals surface area contributed by atoms with Gasteiger partial charge >= 0.3 is 0 Å². The molecule has 0 bridgehead atoms. The van der Waals surface area contributed by atoms with E-state index in [9.17, 15) is 4.79 Å². The van der Waals surface area contributed by atoms with Gasteiger partial charge in [-0.15, -0.1) is 12.4 Å². The van der Waals surface area contributed by atoms with Crippen molar-refractivity contribution < 1.29 is 4.79 Å². The van der Waals surface area contributed by atoms with E-state index in [1.54, 1.807) is 0 Å². The largest absolute Gasteiger partial charge is 0.317 e. The highest BCUT2D eigenvalue weighted by Crippen LogP contribution is 2.24. The molecule has 128 valence electrons. The minimum Gasteiger partial charge on any atom is -0.317 e. The molecule has 1 unspecified atom stereocenters. The molecule has 0 aromatic heterocycles. The molecule has 1 aromatic carbocycles. The van der Waals surface area contributed by atoms with Crippen molar-refractivity contribution in [3.8, 4) is 0 Å². The van der Waals surface area contributed by atoms with Crippen LogP contribution in [0.3, 0.4) is 0 Å². The van der Waals surface area contributed by atoms with Crippen LogP contribution in [0.25, 0.3) is 0 Å². The fourth-order valence-electron chi connectivity index (χ4n) is 3.73. The molecule has 4 nitrogen and oxygen atoms in total. The molecule has 2 saturated heterocycles. The Morgan fingerprint density at radius 3 is 2.57 bits per heavy atom. The Balaban J connectivity index is 0.00000192. The molecule has 1 N–H and O–H groups in total. The van der Waals surface area contributed by atoms with Gasteiger partial charge in [0.2, 0.25) is 5.91 Å². The maximum absolute atomic E-state index is 12.9. The summed E-state index contributed by atoms with van der Waals surface area (Å²) in [4.78, 5) is 17.1. The summed E-state index contributed by atoms with van der Waals surface area (Å²) in [5, 5.41) is 3.41. The van der Waals surface area contributed by atoms with Gasteiger partial charge in [-0.25, -0.2) is 0 Å². The minimum absolute atomic E-state index is 0. The number of piperidine rings is 2. The first kappa shape index (κ1) is 18.2.